The van der Waals surface area contributed by atoms with Gasteiger partial charge in [0.15, 0.2) is 0 Å². The highest BCUT2D eigenvalue weighted by molar-refractivity contribution is 5.93. The summed E-state index contributed by atoms with van der Waals surface area (Å²) in [7, 11) is 1.38. The fraction of sp³-hybridized carbons (Fsp3) is 0.500. The van der Waals surface area contributed by atoms with Gasteiger partial charge in [-0.25, -0.2) is 4.79 Å². The summed E-state index contributed by atoms with van der Waals surface area (Å²) in [6.07, 6.45) is 1.03. The summed E-state index contributed by atoms with van der Waals surface area (Å²) >= 11 is 0. The van der Waals surface area contributed by atoms with Gasteiger partial charge in [-0.05, 0) is 37.7 Å². The lowest BCUT2D eigenvalue weighted by Gasteiger charge is -2.36. The van der Waals surface area contributed by atoms with Gasteiger partial charge in [0.05, 0.1) is 19.2 Å². The number of methoxy groups -OCH3 is 1. The van der Waals surface area contributed by atoms with Crippen molar-refractivity contribution in [2.24, 2.45) is 11.5 Å². The van der Waals surface area contributed by atoms with Crippen LogP contribution >= 0.6 is 0 Å². The number of esters is 1. The summed E-state index contributed by atoms with van der Waals surface area (Å²) in [5.41, 5.74) is 13.1. The molecule has 1 aliphatic rings. The van der Waals surface area contributed by atoms with Gasteiger partial charge in [0.25, 0.3) is 0 Å². The number of ether oxygens (including phenoxy) is 1. The third kappa shape index (κ3) is 4.71. The van der Waals surface area contributed by atoms with Crippen LogP contribution in [0.3, 0.4) is 0 Å². The first-order valence-electron chi connectivity index (χ1n) is 8.28. The molecule has 1 aliphatic heterocycles. The molecule has 6 nitrogen and oxygen atoms in total. The first-order valence-corrected chi connectivity index (χ1v) is 8.28. The maximum atomic E-state index is 12.0. The Morgan fingerprint density at radius 1 is 1.25 bits per heavy atom. The topological polar surface area (TPSA) is 84.8 Å². The molecule has 1 aromatic carbocycles. The monoisotopic (exact) mass is 330 g/mol. The number of carbonyl (C=O) groups is 1. The lowest BCUT2D eigenvalue weighted by molar-refractivity contribution is 0.0600. The average Bonchev–Trinajstić information content (AvgIpc) is 2.64. The van der Waals surface area contributed by atoms with E-state index in [9.17, 15) is 4.79 Å². The second kappa shape index (κ2) is 9.28. The summed E-state index contributed by atoms with van der Waals surface area (Å²) in [6.45, 7) is 5.90. The van der Waals surface area contributed by atoms with E-state index in [1.165, 1.54) is 7.11 Å². The number of anilines is 1. The van der Waals surface area contributed by atoms with Crippen molar-refractivity contribution < 1.29 is 9.53 Å². The number of carbonyl (C=O) groups excluding carboxylic acids is 1. The van der Waals surface area contributed by atoms with Crippen molar-refractivity contribution in [1.29, 1.82) is 0 Å². The van der Waals surface area contributed by atoms with Crippen molar-refractivity contribution in [1.82, 2.24) is 4.90 Å². The first-order chi connectivity index (χ1) is 11.7. The molecular weight excluding hydrogens is 304 g/mol. The first kappa shape index (κ1) is 18.3. The smallest absolute Gasteiger partial charge is 0.339 e. The van der Waals surface area contributed by atoms with Crippen LogP contribution in [0, 0.1) is 11.8 Å². The third-order valence-corrected chi connectivity index (χ3v) is 4.15. The number of benzene rings is 1. The van der Waals surface area contributed by atoms with Crippen LogP contribution in [0.2, 0.25) is 0 Å². The fourth-order valence-corrected chi connectivity index (χ4v) is 2.81. The number of hydrogen-bond acceptors (Lipinski definition) is 6. The van der Waals surface area contributed by atoms with E-state index in [2.05, 4.69) is 21.6 Å². The quantitative estimate of drug-likeness (QED) is 0.595. The Morgan fingerprint density at radius 2 is 2.00 bits per heavy atom. The Labute approximate surface area is 143 Å². The standard InChI is InChI=1S/C18H26N4O2/c1-24-18(23)17-14-16(6-5-15(17)4-2-7-19)22-12-10-21(11-13-22)9-3-8-20/h5-6,14H,3,7-13,19-20H2,1H3. The van der Waals surface area contributed by atoms with E-state index in [1.54, 1.807) is 0 Å². The summed E-state index contributed by atoms with van der Waals surface area (Å²) in [5.74, 6) is 5.35. The molecule has 0 saturated carbocycles. The van der Waals surface area contributed by atoms with Crippen LogP contribution in [0.15, 0.2) is 18.2 Å². The second-order valence-corrected chi connectivity index (χ2v) is 5.70. The Kier molecular flexibility index (Phi) is 7.07. The highest BCUT2D eigenvalue weighted by atomic mass is 16.5. The number of rotatable bonds is 5. The Hall–Kier alpha value is -2.07. The molecule has 0 amide bonds. The summed E-state index contributed by atoms with van der Waals surface area (Å²) < 4.78 is 4.88. The van der Waals surface area contributed by atoms with E-state index in [0.29, 0.717) is 11.1 Å². The number of piperazine rings is 1. The minimum atomic E-state index is -0.375. The van der Waals surface area contributed by atoms with E-state index >= 15 is 0 Å². The molecule has 130 valence electrons. The fourth-order valence-electron chi connectivity index (χ4n) is 2.81. The molecule has 2 rings (SSSR count). The van der Waals surface area contributed by atoms with Crippen LogP contribution in [0.4, 0.5) is 5.69 Å². The minimum Gasteiger partial charge on any atom is -0.465 e. The molecule has 0 atom stereocenters. The van der Waals surface area contributed by atoms with Gasteiger partial charge in [0, 0.05) is 37.4 Å². The van der Waals surface area contributed by atoms with Crippen molar-refractivity contribution >= 4 is 11.7 Å². The van der Waals surface area contributed by atoms with Crippen LogP contribution in [-0.4, -0.2) is 63.8 Å². The molecule has 0 radical (unpaired) electrons. The maximum absolute atomic E-state index is 12.0. The molecule has 1 heterocycles. The van der Waals surface area contributed by atoms with Gasteiger partial charge in [0.2, 0.25) is 0 Å². The molecule has 1 fully saturated rings. The van der Waals surface area contributed by atoms with E-state index in [1.807, 2.05) is 18.2 Å². The Bertz CT molecular complexity index is 613. The van der Waals surface area contributed by atoms with E-state index in [0.717, 1.165) is 51.4 Å². The van der Waals surface area contributed by atoms with Gasteiger partial charge in [-0.1, -0.05) is 11.8 Å². The molecule has 0 aliphatic carbocycles. The normalized spacial score (nSPS) is 14.9. The second-order valence-electron chi connectivity index (χ2n) is 5.70. The predicted octanol–water partition coefficient (Wildman–Crippen LogP) is 0.254. The summed E-state index contributed by atoms with van der Waals surface area (Å²) in [5, 5.41) is 0. The van der Waals surface area contributed by atoms with Gasteiger partial charge in [-0.2, -0.15) is 0 Å². The van der Waals surface area contributed by atoms with Gasteiger partial charge in [0.1, 0.15) is 0 Å². The molecule has 1 saturated heterocycles. The van der Waals surface area contributed by atoms with Crippen molar-refractivity contribution in [3.63, 3.8) is 0 Å². The highest BCUT2D eigenvalue weighted by Crippen LogP contribution is 2.21. The van der Waals surface area contributed by atoms with Crippen molar-refractivity contribution in [2.45, 2.75) is 6.42 Å². The van der Waals surface area contributed by atoms with Gasteiger partial charge < -0.3 is 21.1 Å². The predicted molar refractivity (Wildman–Crippen MR) is 96.0 cm³/mol. The zero-order chi connectivity index (χ0) is 17.4. The van der Waals surface area contributed by atoms with Crippen LogP contribution in [-0.2, 0) is 4.74 Å². The van der Waals surface area contributed by atoms with Gasteiger partial charge in [-0.3, -0.25) is 4.90 Å². The zero-order valence-electron chi connectivity index (χ0n) is 14.3. The maximum Gasteiger partial charge on any atom is 0.339 e. The average molecular weight is 330 g/mol. The number of hydrogen-bond donors (Lipinski definition) is 2. The lowest BCUT2D eigenvalue weighted by atomic mass is 10.1. The van der Waals surface area contributed by atoms with Crippen molar-refractivity contribution in [2.75, 3.05) is 57.8 Å². The number of nitrogens with two attached hydrogens (primary N) is 2. The molecule has 1 aromatic rings. The van der Waals surface area contributed by atoms with Crippen LogP contribution < -0.4 is 16.4 Å². The highest BCUT2D eigenvalue weighted by Gasteiger charge is 2.19. The third-order valence-electron chi connectivity index (χ3n) is 4.15. The molecule has 0 unspecified atom stereocenters. The zero-order valence-corrected chi connectivity index (χ0v) is 14.3. The van der Waals surface area contributed by atoms with E-state index < -0.39 is 0 Å². The van der Waals surface area contributed by atoms with Crippen LogP contribution in [0.1, 0.15) is 22.3 Å². The molecule has 0 bridgehead atoms. The van der Waals surface area contributed by atoms with Gasteiger partial charge >= 0.3 is 5.97 Å². The SMILES string of the molecule is COC(=O)c1cc(N2CCN(CCCN)CC2)ccc1C#CCN. The largest absolute Gasteiger partial charge is 0.465 e. The van der Waals surface area contributed by atoms with Crippen molar-refractivity contribution in [3.05, 3.63) is 29.3 Å². The van der Waals surface area contributed by atoms with E-state index in [-0.39, 0.29) is 12.5 Å². The number of nitrogens with zero attached hydrogens (tertiary/aromatic N) is 2. The molecule has 6 heteroatoms. The van der Waals surface area contributed by atoms with Crippen LogP contribution in [0.25, 0.3) is 0 Å². The lowest BCUT2D eigenvalue weighted by Crippen LogP contribution is -2.46. The van der Waals surface area contributed by atoms with Gasteiger partial charge in [-0.15, -0.1) is 0 Å². The molecule has 4 N–H and O–H groups in total. The Balaban J connectivity index is 2.12. The molecular formula is C18H26N4O2. The molecule has 0 aromatic heterocycles. The van der Waals surface area contributed by atoms with E-state index in [4.69, 9.17) is 16.2 Å². The van der Waals surface area contributed by atoms with Crippen molar-refractivity contribution in [3.8, 4) is 11.8 Å². The summed E-state index contributed by atoms with van der Waals surface area (Å²) in [4.78, 5) is 16.7. The Morgan fingerprint density at radius 3 is 2.62 bits per heavy atom. The minimum absolute atomic E-state index is 0.257. The summed E-state index contributed by atoms with van der Waals surface area (Å²) in [6, 6.07) is 5.73. The molecule has 24 heavy (non-hydrogen) atoms. The molecule has 0 spiro atoms. The van der Waals surface area contributed by atoms with Crippen LogP contribution in [0.5, 0.6) is 0 Å².